The minimum Gasteiger partial charge on any atom is -0.368 e. The maximum atomic E-state index is 12.7. The van der Waals surface area contributed by atoms with Gasteiger partial charge in [-0.05, 0) is 55.7 Å². The third kappa shape index (κ3) is 3.56. The number of hydrogen-bond donors (Lipinski definition) is 1. The van der Waals surface area contributed by atoms with Crippen molar-refractivity contribution in [2.24, 2.45) is 0 Å². The van der Waals surface area contributed by atoms with Crippen molar-refractivity contribution in [3.05, 3.63) is 29.3 Å². The van der Waals surface area contributed by atoms with Crippen LogP contribution in [0.1, 0.15) is 36.8 Å². The number of carbonyl (C=O) groups is 2. The number of fused-ring (bicyclic) bond motifs is 1. The highest BCUT2D eigenvalue weighted by molar-refractivity contribution is 5.90. The van der Waals surface area contributed by atoms with E-state index in [1.165, 1.54) is 24.0 Å². The molecule has 1 aliphatic carbocycles. The molecule has 1 N–H and O–H groups in total. The molecule has 2 aliphatic heterocycles. The van der Waals surface area contributed by atoms with Gasteiger partial charge in [-0.25, -0.2) is 4.79 Å². The van der Waals surface area contributed by atoms with Crippen LogP contribution < -0.4 is 5.32 Å². The molecule has 2 fully saturated rings. The Bertz CT molecular complexity index is 677. The third-order valence-corrected chi connectivity index (χ3v) is 5.72. The predicted octanol–water partition coefficient (Wildman–Crippen LogP) is 2.42. The first kappa shape index (κ1) is 17.3. The summed E-state index contributed by atoms with van der Waals surface area (Å²) >= 11 is 0. The lowest BCUT2D eigenvalue weighted by atomic mass is 9.90. The molecular formula is C20H27N3O3. The van der Waals surface area contributed by atoms with Gasteiger partial charge in [0, 0.05) is 38.5 Å². The summed E-state index contributed by atoms with van der Waals surface area (Å²) < 4.78 is 5.49. The number of aryl methyl sites for hydroxylation is 1. The second-order valence-corrected chi connectivity index (χ2v) is 7.39. The largest absolute Gasteiger partial charge is 0.368 e. The lowest BCUT2D eigenvalue weighted by molar-refractivity contribution is -0.142. The number of nitrogens with one attached hydrogen (secondary N) is 1. The summed E-state index contributed by atoms with van der Waals surface area (Å²) in [6, 6.07) is 6.13. The zero-order valence-electron chi connectivity index (χ0n) is 15.2. The highest BCUT2D eigenvalue weighted by Gasteiger charge is 2.31. The highest BCUT2D eigenvalue weighted by Crippen LogP contribution is 2.28. The first-order valence-corrected chi connectivity index (χ1v) is 9.79. The zero-order chi connectivity index (χ0) is 17.9. The summed E-state index contributed by atoms with van der Waals surface area (Å²) in [5, 5.41) is 3.10. The molecule has 6 nitrogen and oxygen atoms in total. The van der Waals surface area contributed by atoms with E-state index in [-0.39, 0.29) is 18.0 Å². The van der Waals surface area contributed by atoms with Crippen molar-refractivity contribution in [1.82, 2.24) is 9.80 Å². The van der Waals surface area contributed by atoms with Gasteiger partial charge in [0.15, 0.2) is 0 Å². The van der Waals surface area contributed by atoms with Crippen molar-refractivity contribution in [3.63, 3.8) is 0 Å². The van der Waals surface area contributed by atoms with E-state index in [0.717, 1.165) is 31.4 Å². The number of urea groups is 1. The molecule has 0 spiro atoms. The van der Waals surface area contributed by atoms with Crippen LogP contribution in [0, 0.1) is 0 Å². The van der Waals surface area contributed by atoms with Crippen molar-refractivity contribution in [1.29, 1.82) is 0 Å². The number of carbonyl (C=O) groups excluding carboxylic acids is 2. The Labute approximate surface area is 154 Å². The Kier molecular flexibility index (Phi) is 5.11. The van der Waals surface area contributed by atoms with Gasteiger partial charge in [-0.2, -0.15) is 0 Å². The number of anilines is 1. The van der Waals surface area contributed by atoms with Crippen molar-refractivity contribution in [3.8, 4) is 0 Å². The van der Waals surface area contributed by atoms with Gasteiger partial charge in [0.2, 0.25) is 0 Å². The van der Waals surface area contributed by atoms with Crippen molar-refractivity contribution in [2.75, 3.05) is 38.1 Å². The van der Waals surface area contributed by atoms with Gasteiger partial charge < -0.3 is 19.9 Å². The van der Waals surface area contributed by atoms with Gasteiger partial charge in [-0.15, -0.1) is 0 Å². The summed E-state index contributed by atoms with van der Waals surface area (Å²) in [6.45, 7) is 2.98. The van der Waals surface area contributed by atoms with E-state index in [1.807, 2.05) is 21.9 Å². The summed E-state index contributed by atoms with van der Waals surface area (Å²) in [5.74, 6) is 0.0830. The topological polar surface area (TPSA) is 61.9 Å². The standard InChI is InChI=1S/C20H27N3O3/c24-19(18-9-4-14-26-18)22-10-12-23(13-11-22)20(25)21-17-8-3-6-15-5-1-2-7-16(15)17/h3,6,8,18H,1-2,4-5,7,9-14H2,(H,21,25)/t18-/m0/s1. The summed E-state index contributed by atoms with van der Waals surface area (Å²) in [5.41, 5.74) is 3.60. The molecule has 2 heterocycles. The van der Waals surface area contributed by atoms with Gasteiger partial charge in [0.25, 0.3) is 5.91 Å². The smallest absolute Gasteiger partial charge is 0.321 e. The summed E-state index contributed by atoms with van der Waals surface area (Å²) in [4.78, 5) is 28.7. The molecule has 0 aromatic heterocycles. The Morgan fingerprint density at radius 3 is 2.54 bits per heavy atom. The van der Waals surface area contributed by atoms with Crippen LogP contribution in [0.5, 0.6) is 0 Å². The fraction of sp³-hybridized carbons (Fsp3) is 0.600. The van der Waals surface area contributed by atoms with Gasteiger partial charge in [-0.3, -0.25) is 4.79 Å². The van der Waals surface area contributed by atoms with E-state index < -0.39 is 0 Å². The van der Waals surface area contributed by atoms with Gasteiger partial charge >= 0.3 is 6.03 Å². The minimum atomic E-state index is -0.272. The number of piperazine rings is 1. The third-order valence-electron chi connectivity index (χ3n) is 5.72. The molecule has 1 aromatic carbocycles. The molecule has 0 saturated carbocycles. The molecule has 26 heavy (non-hydrogen) atoms. The monoisotopic (exact) mass is 357 g/mol. The molecule has 2 saturated heterocycles. The molecule has 3 amide bonds. The highest BCUT2D eigenvalue weighted by atomic mass is 16.5. The molecule has 0 unspecified atom stereocenters. The van der Waals surface area contributed by atoms with E-state index in [2.05, 4.69) is 11.4 Å². The van der Waals surface area contributed by atoms with Crippen LogP contribution >= 0.6 is 0 Å². The van der Waals surface area contributed by atoms with Gasteiger partial charge in [0.05, 0.1) is 0 Å². The van der Waals surface area contributed by atoms with Crippen LogP contribution in [0.15, 0.2) is 18.2 Å². The van der Waals surface area contributed by atoms with Crippen LogP contribution in [0.4, 0.5) is 10.5 Å². The molecule has 140 valence electrons. The quantitative estimate of drug-likeness (QED) is 0.884. The second kappa shape index (κ2) is 7.66. The normalized spacial score (nSPS) is 22.8. The maximum Gasteiger partial charge on any atom is 0.321 e. The zero-order valence-corrected chi connectivity index (χ0v) is 15.2. The van der Waals surface area contributed by atoms with Crippen molar-refractivity contribution >= 4 is 17.6 Å². The summed E-state index contributed by atoms with van der Waals surface area (Å²) in [6.07, 6.45) is 6.05. The van der Waals surface area contributed by atoms with E-state index in [1.54, 1.807) is 0 Å². The van der Waals surface area contributed by atoms with E-state index in [0.29, 0.717) is 32.8 Å². The molecule has 0 bridgehead atoms. The Morgan fingerprint density at radius 2 is 1.77 bits per heavy atom. The van der Waals surface area contributed by atoms with E-state index in [9.17, 15) is 9.59 Å². The molecule has 1 atom stereocenters. The maximum absolute atomic E-state index is 12.7. The minimum absolute atomic E-state index is 0.0619. The Balaban J connectivity index is 1.33. The molecular weight excluding hydrogens is 330 g/mol. The SMILES string of the molecule is O=C(Nc1cccc2c1CCCC2)N1CCN(C(=O)[C@@H]2CCCO2)CC1. The summed E-state index contributed by atoms with van der Waals surface area (Å²) in [7, 11) is 0. The fourth-order valence-corrected chi connectivity index (χ4v) is 4.20. The fourth-order valence-electron chi connectivity index (χ4n) is 4.20. The second-order valence-electron chi connectivity index (χ2n) is 7.39. The van der Waals surface area contributed by atoms with Crippen LogP contribution in [0.25, 0.3) is 0 Å². The predicted molar refractivity (Wildman–Crippen MR) is 99.2 cm³/mol. The molecule has 6 heteroatoms. The van der Waals surface area contributed by atoms with Gasteiger partial charge in [-0.1, -0.05) is 12.1 Å². The number of nitrogens with zero attached hydrogens (tertiary/aromatic N) is 2. The lowest BCUT2D eigenvalue weighted by Gasteiger charge is -2.36. The first-order valence-electron chi connectivity index (χ1n) is 9.79. The molecule has 4 rings (SSSR count). The number of hydrogen-bond acceptors (Lipinski definition) is 3. The van der Waals surface area contributed by atoms with Crippen LogP contribution in [0.3, 0.4) is 0 Å². The number of amides is 3. The van der Waals surface area contributed by atoms with Crippen LogP contribution in [-0.2, 0) is 22.4 Å². The average molecular weight is 357 g/mol. The number of benzene rings is 1. The Morgan fingerprint density at radius 1 is 1.00 bits per heavy atom. The first-order chi connectivity index (χ1) is 12.7. The van der Waals surface area contributed by atoms with Crippen LogP contribution in [0.2, 0.25) is 0 Å². The number of rotatable bonds is 2. The molecule has 1 aromatic rings. The average Bonchev–Trinajstić information content (AvgIpc) is 3.23. The van der Waals surface area contributed by atoms with E-state index in [4.69, 9.17) is 4.74 Å². The molecule has 0 radical (unpaired) electrons. The lowest BCUT2D eigenvalue weighted by Crippen LogP contribution is -2.53. The van der Waals surface area contributed by atoms with Crippen molar-refractivity contribution in [2.45, 2.75) is 44.6 Å². The van der Waals surface area contributed by atoms with E-state index >= 15 is 0 Å². The molecule has 3 aliphatic rings. The van der Waals surface area contributed by atoms with Crippen molar-refractivity contribution < 1.29 is 14.3 Å². The van der Waals surface area contributed by atoms with Gasteiger partial charge in [0.1, 0.15) is 6.10 Å². The number of ether oxygens (including phenoxy) is 1. The Hall–Kier alpha value is -2.08. The van der Waals surface area contributed by atoms with Crippen LogP contribution in [-0.4, -0.2) is 60.6 Å².